The van der Waals surface area contributed by atoms with Gasteiger partial charge in [-0.3, -0.25) is 0 Å². The van der Waals surface area contributed by atoms with E-state index in [1.165, 1.54) is 25.9 Å². The second-order valence-corrected chi connectivity index (χ2v) is 7.90. The fourth-order valence-corrected chi connectivity index (χ4v) is 4.18. The predicted octanol–water partition coefficient (Wildman–Crippen LogP) is 4.73. The summed E-state index contributed by atoms with van der Waals surface area (Å²) in [5.41, 5.74) is 2.88. The lowest BCUT2D eigenvalue weighted by Gasteiger charge is -2.16. The van der Waals surface area contributed by atoms with E-state index >= 15 is 0 Å². The molecule has 1 aliphatic rings. The topological polar surface area (TPSA) is 75.3 Å². The Bertz CT molecular complexity index is 1180. The molecule has 2 N–H and O–H groups in total. The molecule has 7 heteroatoms. The van der Waals surface area contributed by atoms with Gasteiger partial charge in [0.1, 0.15) is 12.1 Å². The molecule has 31 heavy (non-hydrogen) atoms. The maximum absolute atomic E-state index is 6.06. The number of aromatic nitrogens is 3. The number of fused-ring (bicyclic) bond motifs is 2. The highest BCUT2D eigenvalue weighted by atomic mass is 16.5. The van der Waals surface area contributed by atoms with Crippen LogP contribution < -0.4 is 14.8 Å². The molecule has 2 aromatic heterocycles. The van der Waals surface area contributed by atoms with Gasteiger partial charge >= 0.3 is 0 Å². The highest BCUT2D eigenvalue weighted by Gasteiger charge is 2.14. The maximum atomic E-state index is 6.06. The van der Waals surface area contributed by atoms with Gasteiger partial charge in [0.15, 0.2) is 11.5 Å². The number of anilines is 2. The first-order chi connectivity index (χ1) is 15.3. The summed E-state index contributed by atoms with van der Waals surface area (Å²) in [6.07, 6.45) is 7.14. The van der Waals surface area contributed by atoms with Gasteiger partial charge in [0.05, 0.1) is 19.2 Å². The Morgan fingerprint density at radius 1 is 1.06 bits per heavy atom. The molecule has 0 atom stereocenters. The van der Waals surface area contributed by atoms with Crippen molar-refractivity contribution >= 4 is 33.3 Å². The third-order valence-corrected chi connectivity index (χ3v) is 5.81. The maximum Gasteiger partial charge on any atom is 0.163 e. The van der Waals surface area contributed by atoms with E-state index in [2.05, 4.69) is 43.4 Å². The molecule has 2 aromatic carbocycles. The van der Waals surface area contributed by atoms with Crippen LogP contribution in [-0.4, -0.2) is 53.2 Å². The van der Waals surface area contributed by atoms with Crippen LogP contribution in [0, 0.1) is 0 Å². The number of aromatic amines is 1. The number of ether oxygens (including phenoxy) is 2. The average molecular weight is 418 g/mol. The van der Waals surface area contributed by atoms with Crippen molar-refractivity contribution in [2.45, 2.75) is 19.3 Å². The van der Waals surface area contributed by atoms with Crippen LogP contribution in [-0.2, 0) is 0 Å². The molecule has 0 unspecified atom stereocenters. The van der Waals surface area contributed by atoms with Crippen molar-refractivity contribution in [1.29, 1.82) is 0 Å². The highest BCUT2D eigenvalue weighted by Crippen LogP contribution is 2.35. The van der Waals surface area contributed by atoms with Gasteiger partial charge in [-0.15, -0.1) is 0 Å². The summed E-state index contributed by atoms with van der Waals surface area (Å²) in [5.74, 6) is 2.14. The van der Waals surface area contributed by atoms with Crippen molar-refractivity contribution in [3.05, 3.63) is 48.9 Å². The third kappa shape index (κ3) is 4.27. The number of hydrogen-bond acceptors (Lipinski definition) is 6. The number of benzene rings is 2. The van der Waals surface area contributed by atoms with E-state index < -0.39 is 0 Å². The fraction of sp³-hybridized carbons (Fsp3) is 0.333. The molecule has 0 radical (unpaired) electrons. The molecule has 1 fully saturated rings. The monoisotopic (exact) mass is 417 g/mol. The molecular weight excluding hydrogens is 390 g/mol. The minimum absolute atomic E-state index is 0.658. The largest absolute Gasteiger partial charge is 0.493 e. The van der Waals surface area contributed by atoms with E-state index in [-0.39, 0.29) is 0 Å². The summed E-state index contributed by atoms with van der Waals surface area (Å²) in [7, 11) is 1.66. The summed E-state index contributed by atoms with van der Waals surface area (Å²) in [5, 5.41) is 5.45. The third-order valence-electron chi connectivity index (χ3n) is 5.81. The molecule has 0 saturated carbocycles. The van der Waals surface area contributed by atoms with Crippen LogP contribution in [0.3, 0.4) is 0 Å². The number of methoxy groups -OCH3 is 1. The van der Waals surface area contributed by atoms with Gasteiger partial charge in [0, 0.05) is 40.8 Å². The summed E-state index contributed by atoms with van der Waals surface area (Å²) in [4.78, 5) is 14.6. The quantitative estimate of drug-likeness (QED) is 0.404. The average Bonchev–Trinajstić information content (AvgIpc) is 3.48. The molecule has 5 rings (SSSR count). The first-order valence-corrected chi connectivity index (χ1v) is 10.8. The Morgan fingerprint density at radius 3 is 2.84 bits per heavy atom. The molecule has 0 aliphatic carbocycles. The standard InChI is InChI=1S/C24H27N5O2/c1-30-22-14-19-21(15-23(22)31-12-4-11-29-9-2-3-10-29)26-16-27-24(19)28-18-5-6-20-17(13-18)7-8-25-20/h5-8,13-16,25H,2-4,9-12H2,1H3,(H,26,27,28). The van der Waals surface area contributed by atoms with Gasteiger partial charge in [0.25, 0.3) is 0 Å². The predicted molar refractivity (Wildman–Crippen MR) is 123 cm³/mol. The lowest BCUT2D eigenvalue weighted by molar-refractivity contribution is 0.254. The van der Waals surface area contributed by atoms with E-state index in [1.807, 2.05) is 24.4 Å². The zero-order chi connectivity index (χ0) is 21.0. The zero-order valence-electron chi connectivity index (χ0n) is 17.7. The molecule has 3 heterocycles. The minimum Gasteiger partial charge on any atom is -0.493 e. The Kier molecular flexibility index (Phi) is 5.58. The Balaban J connectivity index is 1.35. The van der Waals surface area contributed by atoms with Gasteiger partial charge in [0.2, 0.25) is 0 Å². The van der Waals surface area contributed by atoms with Crippen molar-refractivity contribution in [2.75, 3.05) is 38.7 Å². The van der Waals surface area contributed by atoms with Gasteiger partial charge in [-0.25, -0.2) is 9.97 Å². The number of hydrogen-bond donors (Lipinski definition) is 2. The van der Waals surface area contributed by atoms with Crippen LogP contribution in [0.5, 0.6) is 11.5 Å². The Hall–Kier alpha value is -3.32. The van der Waals surface area contributed by atoms with E-state index in [1.54, 1.807) is 13.4 Å². The van der Waals surface area contributed by atoms with Gasteiger partial charge in [-0.1, -0.05) is 0 Å². The summed E-state index contributed by atoms with van der Waals surface area (Å²) < 4.78 is 11.7. The first-order valence-electron chi connectivity index (χ1n) is 10.8. The van der Waals surface area contributed by atoms with Crippen molar-refractivity contribution < 1.29 is 9.47 Å². The van der Waals surface area contributed by atoms with Gasteiger partial charge in [-0.05, 0) is 62.7 Å². The van der Waals surface area contributed by atoms with Crippen LogP contribution >= 0.6 is 0 Å². The molecule has 160 valence electrons. The molecule has 7 nitrogen and oxygen atoms in total. The van der Waals surface area contributed by atoms with E-state index in [9.17, 15) is 0 Å². The second kappa shape index (κ2) is 8.81. The minimum atomic E-state index is 0.658. The molecule has 0 bridgehead atoms. The lowest BCUT2D eigenvalue weighted by atomic mass is 10.2. The van der Waals surface area contributed by atoms with Crippen molar-refractivity contribution in [3.8, 4) is 11.5 Å². The van der Waals surface area contributed by atoms with Gasteiger partial charge < -0.3 is 24.7 Å². The van der Waals surface area contributed by atoms with E-state index in [0.717, 1.165) is 52.0 Å². The van der Waals surface area contributed by atoms with E-state index in [0.29, 0.717) is 12.4 Å². The number of nitrogens with one attached hydrogen (secondary N) is 2. The number of likely N-dealkylation sites (tertiary alicyclic amines) is 1. The van der Waals surface area contributed by atoms with E-state index in [4.69, 9.17) is 9.47 Å². The zero-order valence-corrected chi connectivity index (χ0v) is 17.7. The molecule has 1 aliphatic heterocycles. The van der Waals surface area contributed by atoms with Crippen molar-refractivity contribution in [2.24, 2.45) is 0 Å². The second-order valence-electron chi connectivity index (χ2n) is 7.90. The summed E-state index contributed by atoms with van der Waals surface area (Å²) in [6.45, 7) is 4.16. The number of H-pyrrole nitrogens is 1. The SMILES string of the molecule is COc1cc2c(Nc3ccc4[nH]ccc4c3)ncnc2cc1OCCCN1CCCC1. The normalized spacial score (nSPS) is 14.4. The molecule has 4 aromatic rings. The highest BCUT2D eigenvalue weighted by molar-refractivity contribution is 5.94. The summed E-state index contributed by atoms with van der Waals surface area (Å²) in [6, 6.07) is 12.1. The Morgan fingerprint density at radius 2 is 1.97 bits per heavy atom. The Labute approximate surface area is 181 Å². The molecule has 1 saturated heterocycles. The number of rotatable bonds is 8. The van der Waals surface area contributed by atoms with Crippen molar-refractivity contribution in [1.82, 2.24) is 19.9 Å². The first kappa shape index (κ1) is 19.6. The smallest absolute Gasteiger partial charge is 0.163 e. The lowest BCUT2D eigenvalue weighted by Crippen LogP contribution is -2.21. The van der Waals surface area contributed by atoms with Crippen LogP contribution in [0.2, 0.25) is 0 Å². The van der Waals surface area contributed by atoms with Gasteiger partial charge in [-0.2, -0.15) is 0 Å². The molecule has 0 spiro atoms. The van der Waals surface area contributed by atoms with Crippen LogP contribution in [0.1, 0.15) is 19.3 Å². The van der Waals surface area contributed by atoms with Crippen LogP contribution in [0.4, 0.5) is 11.5 Å². The van der Waals surface area contributed by atoms with Crippen LogP contribution in [0.15, 0.2) is 48.9 Å². The molecule has 0 amide bonds. The van der Waals surface area contributed by atoms with Crippen molar-refractivity contribution in [3.63, 3.8) is 0 Å². The van der Waals surface area contributed by atoms with Crippen LogP contribution in [0.25, 0.3) is 21.8 Å². The number of nitrogens with zero attached hydrogens (tertiary/aromatic N) is 3. The summed E-state index contributed by atoms with van der Waals surface area (Å²) >= 11 is 0. The molecular formula is C24H27N5O2. The fourth-order valence-electron chi connectivity index (χ4n) is 4.18.